The van der Waals surface area contributed by atoms with Gasteiger partial charge in [0, 0.05) is 10.4 Å². The molecular formula is C12H16Cl2N14O6S-2. The van der Waals surface area contributed by atoms with Crippen molar-refractivity contribution < 1.29 is 27.1 Å². The fraction of sp³-hybridized carbons (Fsp3) is 0. The molecule has 0 fully saturated rings. The molecule has 0 saturated heterocycles. The minimum atomic E-state index is -5.17. The summed E-state index contributed by atoms with van der Waals surface area (Å²) in [7, 11) is -5.17. The predicted molar refractivity (Wildman–Crippen MR) is 122 cm³/mol. The van der Waals surface area contributed by atoms with Crippen LogP contribution in [0.25, 0.3) is 0 Å². The second kappa shape index (κ2) is 12.8. The molecule has 0 aliphatic rings. The lowest BCUT2D eigenvalue weighted by atomic mass is 10.4. The van der Waals surface area contributed by atoms with E-state index in [9.17, 15) is 9.59 Å². The summed E-state index contributed by atoms with van der Waals surface area (Å²) in [6.07, 6.45) is 0. The summed E-state index contributed by atoms with van der Waals surface area (Å²) >= 11 is 11.1. The van der Waals surface area contributed by atoms with E-state index in [2.05, 4.69) is 29.9 Å². The fourth-order valence-corrected chi connectivity index (χ4v) is 1.79. The van der Waals surface area contributed by atoms with Gasteiger partial charge in [0.15, 0.2) is 56.9 Å². The number of carbonyl (C=O) groups is 2. The standard InChI is InChI=1S/2C6H8ClN7O.H2O4S/c2*7-2-4(9)13-3(8)1(12-2)5(15)14-6(10)11;1-5(2,3)4/h2*(H4,8,9,13)(H4,10,11,14,15);(H2,1,2,3,4)/p-2. The van der Waals surface area contributed by atoms with Crippen molar-refractivity contribution in [1.29, 1.82) is 0 Å². The molecule has 0 aliphatic heterocycles. The van der Waals surface area contributed by atoms with Gasteiger partial charge in [-0.05, 0) is 0 Å². The van der Waals surface area contributed by atoms with E-state index < -0.39 is 34.1 Å². The number of aliphatic imine (C=N–C) groups is 2. The lowest BCUT2D eigenvalue weighted by Gasteiger charge is -2.06. The number of anilines is 4. The highest BCUT2D eigenvalue weighted by Crippen LogP contribution is 2.18. The van der Waals surface area contributed by atoms with Gasteiger partial charge in [-0.25, -0.2) is 19.9 Å². The van der Waals surface area contributed by atoms with Crippen molar-refractivity contribution >= 4 is 80.6 Å². The van der Waals surface area contributed by atoms with Crippen LogP contribution in [0.15, 0.2) is 9.98 Å². The Bertz CT molecular complexity index is 1190. The lowest BCUT2D eigenvalue weighted by molar-refractivity contribution is 0.0990. The molecule has 2 heterocycles. The first kappa shape index (κ1) is 30.7. The number of nitrogen functional groups attached to an aromatic ring is 4. The van der Waals surface area contributed by atoms with Crippen molar-refractivity contribution in [2.45, 2.75) is 0 Å². The molecule has 16 N–H and O–H groups in total. The van der Waals surface area contributed by atoms with E-state index in [1.165, 1.54) is 0 Å². The number of halogens is 2. The second-order valence-corrected chi connectivity index (χ2v) is 6.89. The van der Waals surface area contributed by atoms with E-state index in [0.717, 1.165) is 0 Å². The number of aromatic nitrogens is 4. The summed E-state index contributed by atoms with van der Waals surface area (Å²) in [4.78, 5) is 43.5. The molecule has 0 unspecified atom stereocenters. The number of nitrogens with zero attached hydrogens (tertiary/aromatic N) is 6. The molecule has 2 rings (SSSR count). The lowest BCUT2D eigenvalue weighted by Crippen LogP contribution is -2.25. The molecule has 0 aliphatic carbocycles. The fourth-order valence-electron chi connectivity index (χ4n) is 1.54. The molecule has 0 spiro atoms. The van der Waals surface area contributed by atoms with Crippen molar-refractivity contribution in [1.82, 2.24) is 19.9 Å². The van der Waals surface area contributed by atoms with E-state index in [1.807, 2.05) is 0 Å². The Morgan fingerprint density at radius 3 is 1.14 bits per heavy atom. The first-order chi connectivity index (χ1) is 15.8. The third-order valence-electron chi connectivity index (χ3n) is 2.68. The number of guanidine groups is 2. The number of hydrogen-bond acceptors (Lipinski definition) is 14. The molecule has 0 aromatic carbocycles. The molecular weight excluding hydrogens is 539 g/mol. The predicted octanol–water partition coefficient (Wildman–Crippen LogP) is -3.92. The Hall–Kier alpha value is -4.31. The first-order valence-electron chi connectivity index (χ1n) is 7.95. The van der Waals surface area contributed by atoms with Crippen LogP contribution >= 0.6 is 23.2 Å². The van der Waals surface area contributed by atoms with Gasteiger partial charge in [0.1, 0.15) is 0 Å². The number of nitrogens with two attached hydrogens (primary N) is 8. The van der Waals surface area contributed by atoms with Gasteiger partial charge in [0.05, 0.1) is 0 Å². The van der Waals surface area contributed by atoms with Gasteiger partial charge in [0.25, 0.3) is 0 Å². The van der Waals surface area contributed by atoms with Gasteiger partial charge < -0.3 is 55.0 Å². The molecule has 35 heavy (non-hydrogen) atoms. The maximum atomic E-state index is 11.3. The Balaban J connectivity index is 0.000000555. The van der Waals surface area contributed by atoms with Crippen LogP contribution in [0.2, 0.25) is 10.3 Å². The molecule has 2 aromatic heterocycles. The average molecular weight is 555 g/mol. The van der Waals surface area contributed by atoms with Crippen LogP contribution < -0.4 is 45.9 Å². The average Bonchev–Trinajstić information content (AvgIpc) is 2.65. The minimum Gasteiger partial charge on any atom is -0.759 e. The highest BCUT2D eigenvalue weighted by Gasteiger charge is 2.16. The van der Waals surface area contributed by atoms with Gasteiger partial charge in [-0.15, -0.1) is 0 Å². The second-order valence-electron chi connectivity index (χ2n) is 5.36. The maximum Gasteiger partial charge on any atom is 0.302 e. The summed E-state index contributed by atoms with van der Waals surface area (Å²) < 4.78 is 34.1. The molecule has 0 atom stereocenters. The summed E-state index contributed by atoms with van der Waals surface area (Å²) in [5.74, 6) is -3.00. The van der Waals surface area contributed by atoms with E-state index in [-0.39, 0.29) is 45.0 Å². The van der Waals surface area contributed by atoms with Crippen molar-refractivity contribution in [3.63, 3.8) is 0 Å². The highest BCUT2D eigenvalue weighted by molar-refractivity contribution is 7.79. The highest BCUT2D eigenvalue weighted by atomic mass is 35.5. The monoisotopic (exact) mass is 554 g/mol. The summed E-state index contributed by atoms with van der Waals surface area (Å²) in [6, 6.07) is 0. The number of amides is 2. The van der Waals surface area contributed by atoms with E-state index in [1.54, 1.807) is 0 Å². The molecule has 20 nitrogen and oxygen atoms in total. The van der Waals surface area contributed by atoms with E-state index >= 15 is 0 Å². The number of hydrogen-bond donors (Lipinski definition) is 8. The smallest absolute Gasteiger partial charge is 0.302 e. The van der Waals surface area contributed by atoms with E-state index in [0.29, 0.717) is 0 Å². The summed E-state index contributed by atoms with van der Waals surface area (Å²) in [6.45, 7) is 0. The topological polar surface area (TPSA) is 399 Å². The molecule has 23 heteroatoms. The minimum absolute atomic E-state index is 0.0737. The van der Waals surface area contributed by atoms with Gasteiger partial charge in [0.2, 0.25) is 0 Å². The van der Waals surface area contributed by atoms with Crippen LogP contribution in [0.1, 0.15) is 21.0 Å². The number of rotatable bonds is 2. The normalized spacial score (nSPS) is 9.94. The molecule has 2 amide bonds. The largest absolute Gasteiger partial charge is 0.759 e. The molecule has 0 bridgehead atoms. The van der Waals surface area contributed by atoms with Crippen LogP contribution in [-0.2, 0) is 10.4 Å². The maximum absolute atomic E-state index is 11.3. The molecule has 0 saturated carbocycles. The zero-order chi connectivity index (χ0) is 27.7. The van der Waals surface area contributed by atoms with Crippen molar-refractivity contribution in [3.8, 4) is 0 Å². The Morgan fingerprint density at radius 2 is 0.914 bits per heavy atom. The van der Waals surface area contributed by atoms with Gasteiger partial charge in [-0.3, -0.25) is 18.0 Å². The Kier molecular flexibility index (Phi) is 11.2. The summed E-state index contributed by atoms with van der Waals surface area (Å²) in [5.41, 5.74) is 40.9. The van der Waals surface area contributed by atoms with Gasteiger partial charge in [-0.1, -0.05) is 23.2 Å². The van der Waals surface area contributed by atoms with Crippen LogP contribution in [0.5, 0.6) is 0 Å². The van der Waals surface area contributed by atoms with Gasteiger partial charge >= 0.3 is 11.8 Å². The molecule has 192 valence electrons. The Morgan fingerprint density at radius 1 is 0.657 bits per heavy atom. The molecule has 2 aromatic rings. The van der Waals surface area contributed by atoms with Crippen molar-refractivity contribution in [2.24, 2.45) is 32.9 Å². The zero-order valence-electron chi connectivity index (χ0n) is 16.9. The third-order valence-corrected chi connectivity index (χ3v) is 3.23. The van der Waals surface area contributed by atoms with Crippen molar-refractivity contribution in [3.05, 3.63) is 21.7 Å². The quantitative estimate of drug-likeness (QED) is 0.0758. The SMILES string of the molecule is NC(N)=NC(=O)c1nc(Cl)c(N)nc1N.NC(N)=NC(=O)c1nc(Cl)c(N)nc1N.O=S(=O)([O-])[O-]. The van der Waals surface area contributed by atoms with Crippen molar-refractivity contribution in [2.75, 3.05) is 22.9 Å². The van der Waals surface area contributed by atoms with Crippen LogP contribution in [0, 0.1) is 0 Å². The van der Waals surface area contributed by atoms with Crippen LogP contribution in [0.3, 0.4) is 0 Å². The number of carbonyl (C=O) groups excluding carboxylic acids is 2. The van der Waals surface area contributed by atoms with Crippen LogP contribution in [0.4, 0.5) is 23.3 Å². The van der Waals surface area contributed by atoms with E-state index in [4.69, 9.17) is 86.6 Å². The van der Waals surface area contributed by atoms with Crippen LogP contribution in [-0.4, -0.2) is 61.2 Å². The summed E-state index contributed by atoms with van der Waals surface area (Å²) in [5, 5.41) is -0.281. The first-order valence-corrected chi connectivity index (χ1v) is 10.0. The third kappa shape index (κ3) is 11.9. The molecule has 0 radical (unpaired) electrons. The Labute approximate surface area is 205 Å². The zero-order valence-corrected chi connectivity index (χ0v) is 19.2. The van der Waals surface area contributed by atoms with Gasteiger partial charge in [-0.2, -0.15) is 9.98 Å².